The van der Waals surface area contributed by atoms with Gasteiger partial charge in [-0.1, -0.05) is 85.5 Å². The second kappa shape index (κ2) is 8.20. The molecule has 1 atom stereocenters. The van der Waals surface area contributed by atoms with Gasteiger partial charge in [0.15, 0.2) is 0 Å². The predicted octanol–water partition coefficient (Wildman–Crippen LogP) is 7.17. The second-order valence-electron chi connectivity index (χ2n) is 8.32. The van der Waals surface area contributed by atoms with Crippen molar-refractivity contribution in [1.82, 2.24) is 0 Å². The van der Waals surface area contributed by atoms with Crippen LogP contribution in [0.3, 0.4) is 0 Å². The normalized spacial score (nSPS) is 15.1. The summed E-state index contributed by atoms with van der Waals surface area (Å²) in [5.74, 6) is 0.561. The van der Waals surface area contributed by atoms with Gasteiger partial charge in [-0.25, -0.2) is 0 Å². The lowest BCUT2D eigenvalue weighted by Gasteiger charge is -2.26. The number of benzene rings is 3. The van der Waals surface area contributed by atoms with E-state index in [-0.39, 0.29) is 5.92 Å². The molecule has 0 radical (unpaired) electrons. The molecule has 1 nitrogen and oxygen atoms in total. The fourth-order valence-electron chi connectivity index (χ4n) is 4.40. The third-order valence-corrected chi connectivity index (χ3v) is 6.05. The number of aromatic hydroxyl groups is 1. The molecule has 150 valence electrons. The maximum absolute atomic E-state index is 9.75. The Morgan fingerprint density at radius 3 is 2.50 bits per heavy atom. The number of allylic oxidation sites excluding steroid dienone is 3. The van der Waals surface area contributed by atoms with Crippen LogP contribution in [-0.4, -0.2) is 5.11 Å². The Labute approximate surface area is 179 Å². The molecule has 1 N–H and O–H groups in total. The number of hydrogen-bond acceptors (Lipinski definition) is 1. The summed E-state index contributed by atoms with van der Waals surface area (Å²) in [5.41, 5.74) is 10.8. The molecule has 4 rings (SSSR count). The van der Waals surface area contributed by atoms with Crippen LogP contribution in [-0.2, 0) is 12.8 Å². The zero-order chi connectivity index (χ0) is 21.3. The maximum atomic E-state index is 9.75. The van der Waals surface area contributed by atoms with Crippen molar-refractivity contribution in [3.8, 4) is 5.75 Å². The molecule has 0 heterocycles. The Morgan fingerprint density at radius 2 is 1.73 bits per heavy atom. The molecule has 1 aliphatic carbocycles. The lowest BCUT2D eigenvalue weighted by molar-refractivity contribution is 0.471. The van der Waals surface area contributed by atoms with Crippen molar-refractivity contribution in [3.63, 3.8) is 0 Å². The van der Waals surface area contributed by atoms with Crippen LogP contribution in [0.1, 0.15) is 44.9 Å². The van der Waals surface area contributed by atoms with Crippen LogP contribution in [0.25, 0.3) is 11.6 Å². The van der Waals surface area contributed by atoms with Gasteiger partial charge in [0.1, 0.15) is 5.75 Å². The molecular formula is C29H28O. The number of phenols is 1. The number of fused-ring (bicyclic) bond motifs is 1. The molecule has 1 heteroatoms. The molecule has 3 aromatic rings. The van der Waals surface area contributed by atoms with Crippen molar-refractivity contribution in [1.29, 1.82) is 0 Å². The van der Waals surface area contributed by atoms with E-state index in [1.807, 2.05) is 19.1 Å². The van der Waals surface area contributed by atoms with Gasteiger partial charge in [-0.3, -0.25) is 0 Å². The minimum atomic E-state index is 0.220. The van der Waals surface area contributed by atoms with Crippen LogP contribution in [0, 0.1) is 13.8 Å². The first-order valence-corrected chi connectivity index (χ1v) is 10.4. The number of rotatable bonds is 5. The molecule has 0 fully saturated rings. The summed E-state index contributed by atoms with van der Waals surface area (Å²) in [6, 6.07) is 20.8. The van der Waals surface area contributed by atoms with Crippen LogP contribution in [0.2, 0.25) is 0 Å². The summed E-state index contributed by atoms with van der Waals surface area (Å²) in [6.45, 7) is 12.9. The van der Waals surface area contributed by atoms with Crippen molar-refractivity contribution < 1.29 is 5.11 Å². The molecule has 0 aromatic heterocycles. The SMILES string of the molecule is C=C(Cc1ccc(O)c(C)c1)Cc1cccc2c1C=CC(c1ccccc1C)C2=C. The Balaban J connectivity index is 1.57. The van der Waals surface area contributed by atoms with Gasteiger partial charge >= 0.3 is 0 Å². The topological polar surface area (TPSA) is 20.2 Å². The van der Waals surface area contributed by atoms with Crippen LogP contribution in [0.4, 0.5) is 0 Å². The first-order valence-electron chi connectivity index (χ1n) is 10.4. The number of phenolic OH excluding ortho intramolecular Hbond substituents is 1. The van der Waals surface area contributed by atoms with E-state index in [2.05, 4.69) is 74.7 Å². The lowest BCUT2D eigenvalue weighted by atomic mass is 9.78. The zero-order valence-corrected chi connectivity index (χ0v) is 17.8. The highest BCUT2D eigenvalue weighted by Gasteiger charge is 2.22. The molecule has 3 aromatic carbocycles. The third-order valence-electron chi connectivity index (χ3n) is 6.05. The molecule has 0 spiro atoms. The van der Waals surface area contributed by atoms with E-state index in [1.54, 1.807) is 6.07 Å². The van der Waals surface area contributed by atoms with E-state index < -0.39 is 0 Å². The van der Waals surface area contributed by atoms with E-state index in [0.29, 0.717) is 5.75 Å². The van der Waals surface area contributed by atoms with E-state index in [9.17, 15) is 5.11 Å². The number of aryl methyl sites for hydroxylation is 2. The van der Waals surface area contributed by atoms with Crippen LogP contribution in [0.5, 0.6) is 5.75 Å². The fourth-order valence-corrected chi connectivity index (χ4v) is 4.40. The van der Waals surface area contributed by atoms with Crippen LogP contribution in [0.15, 0.2) is 85.5 Å². The van der Waals surface area contributed by atoms with Crippen molar-refractivity contribution in [3.05, 3.63) is 124 Å². The van der Waals surface area contributed by atoms with Crippen molar-refractivity contribution in [2.75, 3.05) is 0 Å². The largest absolute Gasteiger partial charge is 0.508 e. The van der Waals surface area contributed by atoms with Gasteiger partial charge in [0.05, 0.1) is 0 Å². The molecule has 0 bridgehead atoms. The minimum absolute atomic E-state index is 0.220. The highest BCUT2D eigenvalue weighted by molar-refractivity contribution is 5.84. The quantitative estimate of drug-likeness (QED) is 0.456. The van der Waals surface area contributed by atoms with Gasteiger partial charge in [-0.05, 0) is 77.3 Å². The molecule has 0 saturated heterocycles. The Morgan fingerprint density at radius 1 is 0.933 bits per heavy atom. The number of hydrogen-bond donors (Lipinski definition) is 1. The average Bonchev–Trinajstić information content (AvgIpc) is 2.72. The van der Waals surface area contributed by atoms with Gasteiger partial charge in [-0.2, -0.15) is 0 Å². The van der Waals surface area contributed by atoms with Crippen molar-refractivity contribution in [2.45, 2.75) is 32.6 Å². The van der Waals surface area contributed by atoms with Crippen LogP contribution < -0.4 is 0 Å². The fraction of sp³-hybridized carbons (Fsp3) is 0.172. The highest BCUT2D eigenvalue weighted by atomic mass is 16.3. The Bertz CT molecular complexity index is 1160. The van der Waals surface area contributed by atoms with Crippen LogP contribution >= 0.6 is 0 Å². The molecule has 1 aliphatic rings. The smallest absolute Gasteiger partial charge is 0.118 e. The monoisotopic (exact) mass is 392 g/mol. The molecular weight excluding hydrogens is 364 g/mol. The molecule has 1 unspecified atom stereocenters. The summed E-state index contributed by atoms with van der Waals surface area (Å²) in [5, 5.41) is 9.75. The van der Waals surface area contributed by atoms with Gasteiger partial charge in [0.2, 0.25) is 0 Å². The molecule has 0 amide bonds. The van der Waals surface area contributed by atoms with E-state index in [4.69, 9.17) is 0 Å². The summed E-state index contributed by atoms with van der Waals surface area (Å²) in [7, 11) is 0. The summed E-state index contributed by atoms with van der Waals surface area (Å²) >= 11 is 0. The lowest BCUT2D eigenvalue weighted by Crippen LogP contribution is -2.08. The van der Waals surface area contributed by atoms with Crippen molar-refractivity contribution >= 4 is 11.6 Å². The average molecular weight is 393 g/mol. The van der Waals surface area contributed by atoms with Gasteiger partial charge in [0.25, 0.3) is 0 Å². The van der Waals surface area contributed by atoms with E-state index >= 15 is 0 Å². The Kier molecular flexibility index (Phi) is 5.46. The first kappa shape index (κ1) is 20.0. The van der Waals surface area contributed by atoms with E-state index in [0.717, 1.165) is 29.6 Å². The molecule has 0 saturated carbocycles. The second-order valence-corrected chi connectivity index (χ2v) is 8.32. The summed E-state index contributed by atoms with van der Waals surface area (Å²) < 4.78 is 0. The first-order chi connectivity index (χ1) is 14.4. The Hall–Kier alpha value is -3.32. The third kappa shape index (κ3) is 3.89. The molecule has 30 heavy (non-hydrogen) atoms. The minimum Gasteiger partial charge on any atom is -0.508 e. The summed E-state index contributed by atoms with van der Waals surface area (Å²) in [6.07, 6.45) is 6.17. The highest BCUT2D eigenvalue weighted by Crippen LogP contribution is 2.40. The van der Waals surface area contributed by atoms with Gasteiger partial charge in [0, 0.05) is 5.92 Å². The standard InChI is InChI=1S/C29H28O/c1-19(16-23-12-15-29(30)21(3)18-23)17-24-9-7-11-26-22(4)27(13-14-28(24)26)25-10-6-5-8-20(25)2/h5-15,18,27,30H,1,4,16-17H2,2-3H3. The summed E-state index contributed by atoms with van der Waals surface area (Å²) in [4.78, 5) is 0. The van der Waals surface area contributed by atoms with E-state index in [1.165, 1.54) is 33.4 Å². The maximum Gasteiger partial charge on any atom is 0.118 e. The zero-order valence-electron chi connectivity index (χ0n) is 17.8. The van der Waals surface area contributed by atoms with Gasteiger partial charge < -0.3 is 5.11 Å². The van der Waals surface area contributed by atoms with Gasteiger partial charge in [-0.15, -0.1) is 0 Å². The predicted molar refractivity (Wildman–Crippen MR) is 128 cm³/mol. The van der Waals surface area contributed by atoms with Crippen molar-refractivity contribution in [2.24, 2.45) is 0 Å². The molecule has 0 aliphatic heterocycles.